The number of halogens is 2. The smallest absolute Gasteiger partial charge is 0.273 e. The van der Waals surface area contributed by atoms with Crippen molar-refractivity contribution in [3.63, 3.8) is 0 Å². The Kier molecular flexibility index (Phi) is 11.6. The number of sulfonamides is 1. The van der Waals surface area contributed by atoms with E-state index in [1.807, 2.05) is 13.8 Å². The number of nitro groups is 1. The number of amides is 2. The van der Waals surface area contributed by atoms with E-state index in [0.717, 1.165) is 10.4 Å². The molecule has 2 amide bonds. The lowest BCUT2D eigenvalue weighted by Crippen LogP contribution is -2.51. The molecular formula is C30H34Cl2N4O7S. The fraction of sp³-hybridized carbons (Fsp3) is 0.333. The molecule has 1 atom stereocenters. The van der Waals surface area contributed by atoms with Crippen LogP contribution in [0.25, 0.3) is 0 Å². The predicted octanol–water partition coefficient (Wildman–Crippen LogP) is 5.60. The number of ether oxygens (including phenoxy) is 1. The lowest BCUT2D eigenvalue weighted by molar-refractivity contribution is -0.385. The number of nitrogens with zero attached hydrogens (tertiary/aromatic N) is 3. The molecule has 0 spiro atoms. The SMILES string of the molecule is COc1ccc(N(CC(=O)N(Cc2ccc(Cl)c(Cl)c2)[C@@H](C)C(=O)NCC(C)C)S(=O)(=O)c2ccc(C)c([N+](=O)[O-])c2)cc1. The molecule has 3 aromatic rings. The van der Waals surface area contributed by atoms with Crippen molar-refractivity contribution in [2.75, 3.05) is 24.5 Å². The van der Waals surface area contributed by atoms with Crippen LogP contribution in [-0.4, -0.2) is 56.3 Å². The van der Waals surface area contributed by atoms with Crippen molar-refractivity contribution in [3.05, 3.63) is 92.0 Å². The Morgan fingerprint density at radius 2 is 1.66 bits per heavy atom. The van der Waals surface area contributed by atoms with E-state index >= 15 is 0 Å². The van der Waals surface area contributed by atoms with Gasteiger partial charge in [-0.1, -0.05) is 49.2 Å². The van der Waals surface area contributed by atoms with Crippen LogP contribution in [0.15, 0.2) is 65.6 Å². The molecule has 3 rings (SSSR count). The molecule has 0 saturated carbocycles. The summed E-state index contributed by atoms with van der Waals surface area (Å²) in [4.78, 5) is 39.0. The van der Waals surface area contributed by atoms with E-state index in [4.69, 9.17) is 27.9 Å². The molecule has 0 aliphatic carbocycles. The molecule has 0 aromatic heterocycles. The van der Waals surface area contributed by atoms with E-state index < -0.39 is 39.3 Å². The van der Waals surface area contributed by atoms with Gasteiger partial charge in [0.15, 0.2) is 0 Å². The number of methoxy groups -OCH3 is 1. The van der Waals surface area contributed by atoms with E-state index in [2.05, 4.69) is 5.32 Å². The van der Waals surface area contributed by atoms with Gasteiger partial charge in [-0.05, 0) is 67.8 Å². The van der Waals surface area contributed by atoms with Crippen LogP contribution >= 0.6 is 23.2 Å². The maximum Gasteiger partial charge on any atom is 0.273 e. The van der Waals surface area contributed by atoms with Gasteiger partial charge in [0.1, 0.15) is 18.3 Å². The Bertz CT molecular complexity index is 1630. The number of hydrogen-bond donors (Lipinski definition) is 1. The monoisotopic (exact) mass is 664 g/mol. The first-order chi connectivity index (χ1) is 20.6. The van der Waals surface area contributed by atoms with Crippen LogP contribution in [0, 0.1) is 23.0 Å². The van der Waals surface area contributed by atoms with E-state index in [1.165, 1.54) is 55.3 Å². The average molecular weight is 666 g/mol. The van der Waals surface area contributed by atoms with Crippen molar-refractivity contribution in [1.82, 2.24) is 10.2 Å². The molecule has 0 aliphatic heterocycles. The quantitative estimate of drug-likeness (QED) is 0.185. The fourth-order valence-electron chi connectivity index (χ4n) is 4.22. The van der Waals surface area contributed by atoms with Crippen LogP contribution in [0.5, 0.6) is 5.75 Å². The number of benzene rings is 3. The van der Waals surface area contributed by atoms with E-state index in [1.54, 1.807) is 25.1 Å². The van der Waals surface area contributed by atoms with Gasteiger partial charge in [0.05, 0.1) is 32.7 Å². The van der Waals surface area contributed by atoms with Crippen LogP contribution in [0.1, 0.15) is 31.9 Å². The topological polar surface area (TPSA) is 139 Å². The van der Waals surface area contributed by atoms with Crippen LogP contribution in [0.4, 0.5) is 11.4 Å². The molecular weight excluding hydrogens is 631 g/mol. The third kappa shape index (κ3) is 8.40. The lowest BCUT2D eigenvalue weighted by atomic mass is 10.1. The highest BCUT2D eigenvalue weighted by atomic mass is 35.5. The van der Waals surface area contributed by atoms with Crippen molar-refractivity contribution >= 4 is 56.4 Å². The number of carbonyl (C=O) groups is 2. The zero-order chi connectivity index (χ0) is 32.8. The lowest BCUT2D eigenvalue weighted by Gasteiger charge is -2.32. The van der Waals surface area contributed by atoms with Crippen LogP contribution in [0.2, 0.25) is 10.0 Å². The third-order valence-electron chi connectivity index (χ3n) is 6.79. The summed E-state index contributed by atoms with van der Waals surface area (Å²) in [7, 11) is -3.08. The van der Waals surface area contributed by atoms with Crippen molar-refractivity contribution < 1.29 is 27.7 Å². The van der Waals surface area contributed by atoms with Gasteiger partial charge in [-0.3, -0.25) is 24.0 Å². The molecule has 236 valence electrons. The number of anilines is 1. The Hall–Kier alpha value is -3.87. The molecule has 11 nitrogen and oxygen atoms in total. The van der Waals surface area contributed by atoms with Gasteiger partial charge in [0.2, 0.25) is 11.8 Å². The molecule has 0 heterocycles. The van der Waals surface area contributed by atoms with E-state index in [9.17, 15) is 28.1 Å². The largest absolute Gasteiger partial charge is 0.497 e. The van der Waals surface area contributed by atoms with Crippen LogP contribution < -0.4 is 14.4 Å². The van der Waals surface area contributed by atoms with Gasteiger partial charge in [-0.25, -0.2) is 8.42 Å². The summed E-state index contributed by atoms with van der Waals surface area (Å²) >= 11 is 12.3. The highest BCUT2D eigenvalue weighted by Gasteiger charge is 2.33. The molecule has 0 unspecified atom stereocenters. The minimum Gasteiger partial charge on any atom is -0.497 e. The first-order valence-electron chi connectivity index (χ1n) is 13.6. The van der Waals surface area contributed by atoms with E-state index in [0.29, 0.717) is 22.9 Å². The van der Waals surface area contributed by atoms with Gasteiger partial charge in [-0.15, -0.1) is 0 Å². The van der Waals surface area contributed by atoms with Gasteiger partial charge >= 0.3 is 0 Å². The number of aryl methyl sites for hydroxylation is 1. The minimum absolute atomic E-state index is 0.0848. The molecule has 1 N–H and O–H groups in total. The number of nitrogens with one attached hydrogen (secondary N) is 1. The second kappa shape index (κ2) is 14.7. The Labute approximate surface area is 266 Å². The molecule has 0 saturated heterocycles. The van der Waals surface area contributed by atoms with Gasteiger partial charge in [-0.2, -0.15) is 0 Å². The third-order valence-corrected chi connectivity index (χ3v) is 9.30. The van der Waals surface area contributed by atoms with Crippen molar-refractivity contribution in [3.8, 4) is 5.75 Å². The molecule has 0 fully saturated rings. The van der Waals surface area contributed by atoms with E-state index in [-0.39, 0.29) is 39.3 Å². The maximum absolute atomic E-state index is 14.0. The summed E-state index contributed by atoms with van der Waals surface area (Å²) in [6.45, 7) is 6.45. The number of hydrogen-bond acceptors (Lipinski definition) is 7. The van der Waals surface area contributed by atoms with Crippen LogP contribution in [0.3, 0.4) is 0 Å². The number of carbonyl (C=O) groups excluding carboxylic acids is 2. The highest BCUT2D eigenvalue weighted by Crippen LogP contribution is 2.30. The molecule has 0 bridgehead atoms. The second-order valence-corrected chi connectivity index (χ2v) is 13.2. The van der Waals surface area contributed by atoms with Crippen molar-refractivity contribution in [2.24, 2.45) is 5.92 Å². The van der Waals surface area contributed by atoms with Crippen LogP contribution in [-0.2, 0) is 26.2 Å². The molecule has 14 heteroatoms. The summed E-state index contributed by atoms with van der Waals surface area (Å²) in [5.41, 5.74) is 0.553. The Morgan fingerprint density at radius 3 is 2.23 bits per heavy atom. The molecule has 44 heavy (non-hydrogen) atoms. The van der Waals surface area contributed by atoms with Gasteiger partial charge < -0.3 is 15.0 Å². The summed E-state index contributed by atoms with van der Waals surface area (Å²) in [6, 6.07) is 13.3. The summed E-state index contributed by atoms with van der Waals surface area (Å²) in [5.74, 6) is -0.538. The van der Waals surface area contributed by atoms with Crippen molar-refractivity contribution in [2.45, 2.75) is 45.2 Å². The van der Waals surface area contributed by atoms with Gasteiger partial charge in [0.25, 0.3) is 15.7 Å². The Morgan fingerprint density at radius 1 is 1.00 bits per heavy atom. The average Bonchev–Trinajstić information content (AvgIpc) is 2.98. The number of rotatable bonds is 13. The van der Waals surface area contributed by atoms with Crippen molar-refractivity contribution in [1.29, 1.82) is 0 Å². The summed E-state index contributed by atoms with van der Waals surface area (Å²) in [5, 5.41) is 15.0. The highest BCUT2D eigenvalue weighted by molar-refractivity contribution is 7.92. The maximum atomic E-state index is 14.0. The molecule has 3 aromatic carbocycles. The first-order valence-corrected chi connectivity index (χ1v) is 15.8. The standard InChI is InChI=1S/C30H34Cl2N4O7S/c1-19(2)16-33-30(38)21(4)34(17-22-7-13-26(31)27(32)14-22)29(37)18-35(23-8-10-24(43-5)11-9-23)44(41,42)25-12-6-20(3)28(15-25)36(39)40/h6-15,19,21H,16-18H2,1-5H3,(H,33,38)/t21-/m0/s1. The first kappa shape index (κ1) is 34.6. The fourth-order valence-corrected chi connectivity index (χ4v) is 5.98. The van der Waals surface area contributed by atoms with Gasteiger partial charge in [0, 0.05) is 24.7 Å². The Balaban J connectivity index is 2.09. The zero-order valence-corrected chi connectivity index (χ0v) is 27.2. The second-order valence-electron chi connectivity index (χ2n) is 10.5. The zero-order valence-electron chi connectivity index (χ0n) is 24.9. The normalized spacial score (nSPS) is 12.0. The molecule has 0 aliphatic rings. The predicted molar refractivity (Wildman–Crippen MR) is 170 cm³/mol. The number of nitro benzene ring substituents is 1. The molecule has 0 radical (unpaired) electrons. The summed E-state index contributed by atoms with van der Waals surface area (Å²) in [6.07, 6.45) is 0. The minimum atomic E-state index is -4.53. The summed E-state index contributed by atoms with van der Waals surface area (Å²) < 4.78 is 34.1.